The molecule has 3 amide bonds. The van der Waals surface area contributed by atoms with E-state index < -0.39 is 18.0 Å². The zero-order valence-corrected chi connectivity index (χ0v) is 13.6. The van der Waals surface area contributed by atoms with E-state index in [1.165, 1.54) is 0 Å². The lowest BCUT2D eigenvalue weighted by Gasteiger charge is -2.18. The molecule has 0 spiro atoms. The molecule has 1 atom stereocenters. The zero-order chi connectivity index (χ0) is 17.4. The molecule has 126 valence electrons. The Kier molecular flexibility index (Phi) is 7.05. The molecule has 0 aliphatic rings. The number of benzene rings is 1. The van der Waals surface area contributed by atoms with Gasteiger partial charge in [0.25, 0.3) is 0 Å². The van der Waals surface area contributed by atoms with Gasteiger partial charge in [0.05, 0.1) is 0 Å². The molecule has 1 rings (SSSR count). The SMILES string of the molecule is Cc1cccc(NC(=O)CCNC(=O)N[C@H](C(=O)O)C(C)C)c1. The van der Waals surface area contributed by atoms with Gasteiger partial charge in [0.2, 0.25) is 5.91 Å². The van der Waals surface area contributed by atoms with Gasteiger partial charge in [-0.2, -0.15) is 0 Å². The van der Waals surface area contributed by atoms with Gasteiger partial charge < -0.3 is 21.1 Å². The molecule has 1 aromatic carbocycles. The highest BCUT2D eigenvalue weighted by Gasteiger charge is 2.23. The molecule has 0 bridgehead atoms. The maximum atomic E-state index is 11.8. The van der Waals surface area contributed by atoms with E-state index in [9.17, 15) is 14.4 Å². The molecule has 0 saturated carbocycles. The Labute approximate surface area is 135 Å². The quantitative estimate of drug-likeness (QED) is 0.613. The highest BCUT2D eigenvalue weighted by molar-refractivity contribution is 5.91. The topological polar surface area (TPSA) is 108 Å². The summed E-state index contributed by atoms with van der Waals surface area (Å²) in [4.78, 5) is 34.4. The Morgan fingerprint density at radius 3 is 2.48 bits per heavy atom. The van der Waals surface area contributed by atoms with Crippen molar-refractivity contribution < 1.29 is 19.5 Å². The standard InChI is InChI=1S/C16H23N3O4/c1-10(2)14(15(21)22)19-16(23)17-8-7-13(20)18-12-6-4-5-11(3)9-12/h4-6,9-10,14H,7-8H2,1-3H3,(H,18,20)(H,21,22)(H2,17,19,23)/t14-/m0/s1. The number of aryl methyl sites for hydroxylation is 1. The van der Waals surface area contributed by atoms with E-state index in [-0.39, 0.29) is 24.8 Å². The first kappa shape index (κ1) is 18.5. The molecular formula is C16H23N3O4. The minimum atomic E-state index is -1.09. The Balaban J connectivity index is 2.34. The lowest BCUT2D eigenvalue weighted by atomic mass is 10.1. The van der Waals surface area contributed by atoms with Gasteiger partial charge in [0.1, 0.15) is 6.04 Å². The molecule has 0 saturated heterocycles. The fraction of sp³-hybridized carbons (Fsp3) is 0.438. The molecule has 0 aliphatic heterocycles. The number of urea groups is 1. The smallest absolute Gasteiger partial charge is 0.326 e. The minimum absolute atomic E-state index is 0.0980. The van der Waals surface area contributed by atoms with Crippen LogP contribution in [-0.2, 0) is 9.59 Å². The fourth-order valence-corrected chi connectivity index (χ4v) is 1.94. The molecular weight excluding hydrogens is 298 g/mol. The summed E-state index contributed by atoms with van der Waals surface area (Å²) in [5, 5.41) is 16.6. The number of carbonyl (C=O) groups is 3. The summed E-state index contributed by atoms with van der Waals surface area (Å²) in [6.07, 6.45) is 0.0980. The molecule has 0 radical (unpaired) electrons. The monoisotopic (exact) mass is 321 g/mol. The first-order valence-electron chi connectivity index (χ1n) is 7.43. The summed E-state index contributed by atoms with van der Waals surface area (Å²) < 4.78 is 0. The Hall–Kier alpha value is -2.57. The van der Waals surface area contributed by atoms with Gasteiger partial charge in [-0.3, -0.25) is 4.79 Å². The number of carboxylic acids is 1. The van der Waals surface area contributed by atoms with Crippen LogP contribution in [0.1, 0.15) is 25.8 Å². The summed E-state index contributed by atoms with van der Waals surface area (Å²) in [6, 6.07) is 5.83. The second-order valence-corrected chi connectivity index (χ2v) is 5.63. The summed E-state index contributed by atoms with van der Waals surface area (Å²) in [6.45, 7) is 5.45. The zero-order valence-electron chi connectivity index (χ0n) is 13.6. The first-order valence-corrected chi connectivity index (χ1v) is 7.43. The van der Waals surface area contributed by atoms with Crippen molar-refractivity contribution >= 4 is 23.6 Å². The predicted octanol–water partition coefficient (Wildman–Crippen LogP) is 1.73. The molecule has 0 fully saturated rings. The lowest BCUT2D eigenvalue weighted by molar-refractivity contribution is -0.140. The van der Waals surface area contributed by atoms with Crippen LogP contribution in [-0.4, -0.2) is 35.6 Å². The van der Waals surface area contributed by atoms with Gasteiger partial charge >= 0.3 is 12.0 Å². The largest absolute Gasteiger partial charge is 0.480 e. The number of nitrogens with one attached hydrogen (secondary N) is 3. The van der Waals surface area contributed by atoms with Gasteiger partial charge in [0, 0.05) is 18.7 Å². The van der Waals surface area contributed by atoms with Crippen LogP contribution in [0.4, 0.5) is 10.5 Å². The van der Waals surface area contributed by atoms with E-state index in [0.717, 1.165) is 5.56 Å². The van der Waals surface area contributed by atoms with Gasteiger partial charge in [-0.15, -0.1) is 0 Å². The molecule has 0 unspecified atom stereocenters. The number of rotatable bonds is 7. The van der Waals surface area contributed by atoms with E-state index in [1.54, 1.807) is 19.9 Å². The number of hydrogen-bond donors (Lipinski definition) is 4. The first-order chi connectivity index (χ1) is 10.8. The Morgan fingerprint density at radius 1 is 1.22 bits per heavy atom. The molecule has 0 aromatic heterocycles. The van der Waals surface area contributed by atoms with E-state index >= 15 is 0 Å². The molecule has 7 heteroatoms. The van der Waals surface area contributed by atoms with Crippen molar-refractivity contribution in [3.63, 3.8) is 0 Å². The van der Waals surface area contributed by atoms with Crippen LogP contribution in [0.25, 0.3) is 0 Å². The van der Waals surface area contributed by atoms with Crippen LogP contribution < -0.4 is 16.0 Å². The number of anilines is 1. The average Bonchev–Trinajstić information content (AvgIpc) is 2.44. The molecule has 23 heavy (non-hydrogen) atoms. The van der Waals surface area contributed by atoms with Crippen molar-refractivity contribution in [1.29, 1.82) is 0 Å². The third kappa shape index (κ3) is 6.82. The third-order valence-electron chi connectivity index (χ3n) is 3.16. The average molecular weight is 321 g/mol. The molecule has 4 N–H and O–H groups in total. The van der Waals surface area contributed by atoms with Crippen molar-refractivity contribution in [3.8, 4) is 0 Å². The van der Waals surface area contributed by atoms with Crippen LogP contribution in [0.2, 0.25) is 0 Å². The summed E-state index contributed by atoms with van der Waals surface area (Å²) in [5.41, 5.74) is 1.74. The van der Waals surface area contributed by atoms with Crippen LogP contribution in [0.5, 0.6) is 0 Å². The second kappa shape index (κ2) is 8.77. The fourth-order valence-electron chi connectivity index (χ4n) is 1.94. The maximum Gasteiger partial charge on any atom is 0.326 e. The van der Waals surface area contributed by atoms with Crippen LogP contribution in [0, 0.1) is 12.8 Å². The summed E-state index contributed by atoms with van der Waals surface area (Å²) >= 11 is 0. The van der Waals surface area contributed by atoms with Gasteiger partial charge in [0.15, 0.2) is 0 Å². The highest BCUT2D eigenvalue weighted by atomic mass is 16.4. The van der Waals surface area contributed by atoms with Crippen LogP contribution >= 0.6 is 0 Å². The van der Waals surface area contributed by atoms with Crippen molar-refractivity contribution in [2.45, 2.75) is 33.2 Å². The molecule has 1 aromatic rings. The molecule has 0 heterocycles. The highest BCUT2D eigenvalue weighted by Crippen LogP contribution is 2.09. The number of carbonyl (C=O) groups excluding carboxylic acids is 2. The lowest BCUT2D eigenvalue weighted by Crippen LogP contribution is -2.49. The van der Waals surface area contributed by atoms with Crippen molar-refractivity contribution in [2.75, 3.05) is 11.9 Å². The molecule has 7 nitrogen and oxygen atoms in total. The van der Waals surface area contributed by atoms with Gasteiger partial charge in [-0.1, -0.05) is 26.0 Å². The third-order valence-corrected chi connectivity index (χ3v) is 3.16. The van der Waals surface area contributed by atoms with Crippen LogP contribution in [0.3, 0.4) is 0 Å². The number of amides is 3. The Morgan fingerprint density at radius 2 is 1.91 bits per heavy atom. The van der Waals surface area contributed by atoms with E-state index in [0.29, 0.717) is 5.69 Å². The maximum absolute atomic E-state index is 11.8. The van der Waals surface area contributed by atoms with E-state index in [2.05, 4.69) is 16.0 Å². The summed E-state index contributed by atoms with van der Waals surface area (Å²) in [5.74, 6) is -1.55. The normalized spacial score (nSPS) is 11.7. The van der Waals surface area contributed by atoms with Crippen molar-refractivity contribution in [3.05, 3.63) is 29.8 Å². The predicted molar refractivity (Wildman–Crippen MR) is 87.2 cm³/mol. The summed E-state index contributed by atoms with van der Waals surface area (Å²) in [7, 11) is 0. The van der Waals surface area contributed by atoms with Gasteiger partial charge in [-0.05, 0) is 30.5 Å². The second-order valence-electron chi connectivity index (χ2n) is 5.63. The van der Waals surface area contributed by atoms with Crippen molar-refractivity contribution in [1.82, 2.24) is 10.6 Å². The van der Waals surface area contributed by atoms with E-state index in [4.69, 9.17) is 5.11 Å². The van der Waals surface area contributed by atoms with Crippen molar-refractivity contribution in [2.24, 2.45) is 5.92 Å². The van der Waals surface area contributed by atoms with Crippen LogP contribution in [0.15, 0.2) is 24.3 Å². The minimum Gasteiger partial charge on any atom is -0.480 e. The molecule has 0 aliphatic carbocycles. The number of carboxylic acid groups (broad SMARTS) is 1. The number of hydrogen-bond acceptors (Lipinski definition) is 3. The Bertz CT molecular complexity index is 572. The van der Waals surface area contributed by atoms with E-state index in [1.807, 2.05) is 25.1 Å². The number of aliphatic carboxylic acids is 1. The van der Waals surface area contributed by atoms with Gasteiger partial charge in [-0.25, -0.2) is 9.59 Å².